The summed E-state index contributed by atoms with van der Waals surface area (Å²) >= 11 is 0. The van der Waals surface area contributed by atoms with Gasteiger partial charge in [0.1, 0.15) is 0 Å². The highest BCUT2D eigenvalue weighted by Gasteiger charge is 2.40. The number of aliphatic hydroxyl groups is 1. The molecule has 4 nitrogen and oxygen atoms in total. The Balaban J connectivity index is 2.66. The highest BCUT2D eigenvalue weighted by molar-refractivity contribution is 6.74. The lowest BCUT2D eigenvalue weighted by Gasteiger charge is -2.41. The molecule has 1 unspecified atom stereocenters. The maximum atomic E-state index is 10.7. The Bertz CT molecular complexity index is 579. The minimum Gasteiger partial charge on any atom is -0.481 e. The molecule has 188 valence electrons. The molecule has 0 fully saturated rings. The lowest BCUT2D eigenvalue weighted by Crippen LogP contribution is -2.45. The van der Waals surface area contributed by atoms with Gasteiger partial charge in [0.25, 0.3) is 0 Å². The Morgan fingerprint density at radius 3 is 2.41 bits per heavy atom. The van der Waals surface area contributed by atoms with E-state index >= 15 is 0 Å². The summed E-state index contributed by atoms with van der Waals surface area (Å²) in [7, 11) is -1.83. The van der Waals surface area contributed by atoms with Gasteiger partial charge < -0.3 is 14.6 Å². The molecule has 0 aliphatic heterocycles. The Labute approximate surface area is 199 Å². The smallest absolute Gasteiger partial charge is 0.303 e. The monoisotopic (exact) mass is 468 g/mol. The summed E-state index contributed by atoms with van der Waals surface area (Å²) in [5.74, 6) is 0.127. The predicted octanol–water partition coefficient (Wildman–Crippen LogP) is 7.72. The van der Waals surface area contributed by atoms with Crippen molar-refractivity contribution in [3.05, 3.63) is 11.6 Å². The summed E-state index contributed by atoms with van der Waals surface area (Å²) in [5.41, 5.74) is 1.43. The van der Waals surface area contributed by atoms with Crippen molar-refractivity contribution in [3.8, 4) is 0 Å². The zero-order chi connectivity index (χ0) is 24.4. The number of carboxylic acids is 1. The van der Waals surface area contributed by atoms with E-state index < -0.39 is 14.3 Å². The van der Waals surface area contributed by atoms with Crippen LogP contribution in [-0.4, -0.2) is 36.7 Å². The van der Waals surface area contributed by atoms with Crippen molar-refractivity contribution in [1.82, 2.24) is 0 Å². The molecular weight excluding hydrogens is 416 g/mol. The minimum absolute atomic E-state index is 0.210. The van der Waals surface area contributed by atoms with Crippen molar-refractivity contribution in [2.24, 2.45) is 11.8 Å². The van der Waals surface area contributed by atoms with E-state index in [1.54, 1.807) is 0 Å². The fourth-order valence-corrected chi connectivity index (χ4v) is 5.99. The second-order valence-corrected chi connectivity index (χ2v) is 16.4. The fourth-order valence-electron chi connectivity index (χ4n) is 4.53. The molecule has 2 N–H and O–H groups in total. The van der Waals surface area contributed by atoms with Gasteiger partial charge in [-0.1, -0.05) is 78.4 Å². The van der Waals surface area contributed by atoms with Gasteiger partial charge in [0.2, 0.25) is 0 Å². The molecule has 1 aliphatic carbocycles. The summed E-state index contributed by atoms with van der Waals surface area (Å²) in [6.45, 7) is 16.3. The molecule has 0 spiro atoms. The molecule has 4 atom stereocenters. The Kier molecular flexibility index (Phi) is 12.8. The molecule has 1 aliphatic rings. The number of rotatable bonds is 16. The van der Waals surface area contributed by atoms with Crippen LogP contribution in [-0.2, 0) is 9.22 Å². The predicted molar refractivity (Wildman–Crippen MR) is 138 cm³/mol. The molecular formula is C27H52O4Si. The first-order valence-corrected chi connectivity index (χ1v) is 16.1. The van der Waals surface area contributed by atoms with Crippen molar-refractivity contribution in [2.75, 3.05) is 0 Å². The molecule has 0 aromatic heterocycles. The average molecular weight is 469 g/mol. The lowest BCUT2D eigenvalue weighted by molar-refractivity contribution is -0.137. The first kappa shape index (κ1) is 29.4. The maximum Gasteiger partial charge on any atom is 0.303 e. The van der Waals surface area contributed by atoms with E-state index in [2.05, 4.69) is 53.8 Å². The number of carboxylic acid groups (broad SMARTS) is 1. The third-order valence-electron chi connectivity index (χ3n) is 7.84. The zero-order valence-electron chi connectivity index (χ0n) is 22.1. The first-order valence-electron chi connectivity index (χ1n) is 13.2. The average Bonchev–Trinajstić information content (AvgIpc) is 3.04. The van der Waals surface area contributed by atoms with Gasteiger partial charge in [0.15, 0.2) is 8.32 Å². The standard InChI is InChI=1S/C27H52O4Si/c1-8-9-14-21(2)25(31-32(6,7)27(3,4)5)20-18-22-17-19-24(28)23(22)15-12-10-11-13-16-26(29)30/h17,21,23-25,28H,8-16,18-20H2,1-7H3,(H,29,30)/t21?,23-,24+,25+/m1/s1. The zero-order valence-corrected chi connectivity index (χ0v) is 23.1. The summed E-state index contributed by atoms with van der Waals surface area (Å²) < 4.78 is 6.93. The van der Waals surface area contributed by atoms with Crippen LogP contribution in [0.25, 0.3) is 0 Å². The van der Waals surface area contributed by atoms with Crippen molar-refractivity contribution < 1.29 is 19.4 Å². The molecule has 0 saturated carbocycles. The van der Waals surface area contributed by atoms with Crippen LogP contribution in [0.5, 0.6) is 0 Å². The van der Waals surface area contributed by atoms with Crippen LogP contribution in [0.15, 0.2) is 11.6 Å². The Morgan fingerprint density at radius 2 is 1.81 bits per heavy atom. The van der Waals surface area contributed by atoms with Gasteiger partial charge in [-0.15, -0.1) is 0 Å². The molecule has 0 saturated heterocycles. The van der Waals surface area contributed by atoms with Crippen LogP contribution in [0, 0.1) is 11.8 Å². The third-order valence-corrected chi connectivity index (χ3v) is 12.3. The quantitative estimate of drug-likeness (QED) is 0.138. The second-order valence-electron chi connectivity index (χ2n) is 11.6. The Hall–Kier alpha value is -0.653. The van der Waals surface area contributed by atoms with Crippen LogP contribution in [0.1, 0.15) is 112 Å². The van der Waals surface area contributed by atoms with Crippen LogP contribution in [0.2, 0.25) is 18.1 Å². The van der Waals surface area contributed by atoms with Gasteiger partial charge in [-0.25, -0.2) is 0 Å². The van der Waals surface area contributed by atoms with E-state index in [9.17, 15) is 9.90 Å². The lowest BCUT2D eigenvalue weighted by atomic mass is 9.87. The summed E-state index contributed by atoms with van der Waals surface area (Å²) in [4.78, 5) is 10.7. The molecule has 32 heavy (non-hydrogen) atoms. The van der Waals surface area contributed by atoms with Crippen molar-refractivity contribution in [1.29, 1.82) is 0 Å². The van der Waals surface area contributed by atoms with Crippen molar-refractivity contribution in [3.63, 3.8) is 0 Å². The molecule has 0 radical (unpaired) electrons. The molecule has 0 aromatic rings. The molecule has 0 aromatic carbocycles. The normalized spacial score (nSPS) is 21.4. The SMILES string of the molecule is CCCCC(C)[C@H](CCC1=CC[C@H](O)[C@@H]1CCCCCCC(=O)O)O[Si](C)(C)C(C)(C)C. The number of unbranched alkanes of at least 4 members (excludes halogenated alkanes) is 4. The number of hydrogen-bond donors (Lipinski definition) is 2. The first-order chi connectivity index (χ1) is 14.9. The van der Waals surface area contributed by atoms with Crippen molar-refractivity contribution >= 4 is 14.3 Å². The molecule has 0 heterocycles. The summed E-state index contributed by atoms with van der Waals surface area (Å²) in [6.07, 6.45) is 14.0. The molecule has 1 rings (SSSR count). The van der Waals surface area contributed by atoms with E-state index in [1.165, 1.54) is 24.8 Å². The number of aliphatic hydroxyl groups excluding tert-OH is 1. The maximum absolute atomic E-state index is 10.7. The number of hydrogen-bond acceptors (Lipinski definition) is 3. The van der Waals surface area contributed by atoms with Gasteiger partial charge in [-0.2, -0.15) is 0 Å². The topological polar surface area (TPSA) is 66.8 Å². The van der Waals surface area contributed by atoms with E-state index in [0.29, 0.717) is 5.92 Å². The largest absolute Gasteiger partial charge is 0.481 e. The van der Waals surface area contributed by atoms with E-state index in [1.807, 2.05) is 0 Å². The summed E-state index contributed by atoms with van der Waals surface area (Å²) in [5, 5.41) is 19.5. The fraction of sp³-hybridized carbons (Fsp3) is 0.889. The van der Waals surface area contributed by atoms with Crippen LogP contribution < -0.4 is 0 Å². The third kappa shape index (κ3) is 10.1. The summed E-state index contributed by atoms with van der Waals surface area (Å²) in [6, 6.07) is 0. The molecule has 0 bridgehead atoms. The molecule has 0 amide bonds. The minimum atomic E-state index is -1.83. The van der Waals surface area contributed by atoms with Crippen LogP contribution >= 0.6 is 0 Å². The van der Waals surface area contributed by atoms with Gasteiger partial charge in [-0.3, -0.25) is 4.79 Å². The van der Waals surface area contributed by atoms with Crippen LogP contribution in [0.3, 0.4) is 0 Å². The number of carbonyl (C=O) groups is 1. The highest BCUT2D eigenvalue weighted by atomic mass is 28.4. The van der Waals surface area contributed by atoms with Gasteiger partial charge in [0.05, 0.1) is 6.10 Å². The second kappa shape index (κ2) is 13.9. The van der Waals surface area contributed by atoms with Gasteiger partial charge in [-0.05, 0) is 62.6 Å². The number of aliphatic carboxylic acids is 1. The van der Waals surface area contributed by atoms with Crippen LogP contribution in [0.4, 0.5) is 0 Å². The van der Waals surface area contributed by atoms with E-state index in [-0.39, 0.29) is 29.6 Å². The van der Waals surface area contributed by atoms with Crippen molar-refractivity contribution in [2.45, 2.75) is 142 Å². The highest BCUT2D eigenvalue weighted by Crippen LogP contribution is 2.40. The van der Waals surface area contributed by atoms with Gasteiger partial charge in [0, 0.05) is 18.4 Å². The Morgan fingerprint density at radius 1 is 1.16 bits per heavy atom. The van der Waals surface area contributed by atoms with Gasteiger partial charge >= 0.3 is 5.97 Å². The van der Waals surface area contributed by atoms with E-state index in [0.717, 1.165) is 51.4 Å². The molecule has 5 heteroatoms. The van der Waals surface area contributed by atoms with E-state index in [4.69, 9.17) is 9.53 Å².